The summed E-state index contributed by atoms with van der Waals surface area (Å²) in [4.78, 5) is 24.4. The molecule has 0 unspecified atom stereocenters. The second-order valence-corrected chi connectivity index (χ2v) is 10.2. The second-order valence-electron chi connectivity index (χ2n) is 9.21. The van der Waals surface area contributed by atoms with Gasteiger partial charge in [0.15, 0.2) is 11.5 Å². The summed E-state index contributed by atoms with van der Waals surface area (Å²) in [7, 11) is 0. The van der Waals surface area contributed by atoms with E-state index >= 15 is 0 Å². The summed E-state index contributed by atoms with van der Waals surface area (Å²) in [5.74, 6) is -2.01. The fourth-order valence-electron chi connectivity index (χ4n) is 4.83. The third-order valence-corrected chi connectivity index (χ3v) is 7.50. The topological polar surface area (TPSA) is 99.3 Å². The molecular formula is C26H20F2N8S. The number of nitrogens with zero attached hydrogens (tertiary/aromatic N) is 6. The van der Waals surface area contributed by atoms with Crippen LogP contribution in [0.25, 0.3) is 55.3 Å². The number of halogens is 2. The van der Waals surface area contributed by atoms with Crippen LogP contribution in [0.2, 0.25) is 0 Å². The molecule has 37 heavy (non-hydrogen) atoms. The largest absolute Gasteiger partial charge is 0.335 e. The van der Waals surface area contributed by atoms with Gasteiger partial charge in [0.05, 0.1) is 29.5 Å². The molecule has 2 N–H and O–H groups in total. The van der Waals surface area contributed by atoms with E-state index in [0.717, 1.165) is 38.0 Å². The number of hydrogen-bond acceptors (Lipinski definition) is 7. The van der Waals surface area contributed by atoms with Gasteiger partial charge < -0.3 is 4.98 Å². The van der Waals surface area contributed by atoms with Crippen molar-refractivity contribution in [1.29, 1.82) is 0 Å². The van der Waals surface area contributed by atoms with Gasteiger partial charge in [0.25, 0.3) is 5.92 Å². The van der Waals surface area contributed by atoms with Crippen molar-refractivity contribution in [3.63, 3.8) is 0 Å². The SMILES string of the molecule is FC1(F)CCN(Cc2cncc(-c3cc4c(-c5nc6nccc(-c7cccs7)c6[nH]5)n[nH]c4cn3)c2)C1. The third-order valence-electron chi connectivity index (χ3n) is 6.60. The number of imidazole rings is 1. The lowest BCUT2D eigenvalue weighted by Gasteiger charge is -2.15. The van der Waals surface area contributed by atoms with Gasteiger partial charge in [0.2, 0.25) is 0 Å². The molecule has 1 saturated heterocycles. The molecule has 1 fully saturated rings. The predicted molar refractivity (Wildman–Crippen MR) is 138 cm³/mol. The molecule has 184 valence electrons. The number of hydrogen-bond donors (Lipinski definition) is 2. The zero-order valence-electron chi connectivity index (χ0n) is 19.4. The minimum Gasteiger partial charge on any atom is -0.335 e. The molecule has 0 radical (unpaired) electrons. The average Bonchev–Trinajstić information content (AvgIpc) is 3.69. The molecule has 1 aliphatic heterocycles. The molecule has 0 atom stereocenters. The lowest BCUT2D eigenvalue weighted by molar-refractivity contribution is 0.0115. The minimum atomic E-state index is -2.62. The smallest absolute Gasteiger partial charge is 0.261 e. The number of pyridine rings is 3. The van der Waals surface area contributed by atoms with Crippen molar-refractivity contribution in [2.24, 2.45) is 0 Å². The van der Waals surface area contributed by atoms with Crippen molar-refractivity contribution in [3.8, 4) is 33.2 Å². The highest BCUT2D eigenvalue weighted by atomic mass is 32.1. The fraction of sp³-hybridized carbons (Fsp3) is 0.192. The van der Waals surface area contributed by atoms with Crippen LogP contribution in [-0.2, 0) is 6.54 Å². The van der Waals surface area contributed by atoms with Crippen LogP contribution in [-0.4, -0.2) is 59.0 Å². The number of thiophene rings is 1. The number of alkyl halides is 2. The Morgan fingerprint density at radius 1 is 1.11 bits per heavy atom. The molecule has 0 aromatic carbocycles. The first-order chi connectivity index (χ1) is 18.0. The monoisotopic (exact) mass is 514 g/mol. The molecule has 7 heterocycles. The fourth-order valence-corrected chi connectivity index (χ4v) is 5.59. The maximum absolute atomic E-state index is 13.6. The van der Waals surface area contributed by atoms with Crippen LogP contribution < -0.4 is 0 Å². The first kappa shape index (κ1) is 22.1. The van der Waals surface area contributed by atoms with Crippen molar-refractivity contribution < 1.29 is 8.78 Å². The highest BCUT2D eigenvalue weighted by Gasteiger charge is 2.37. The van der Waals surface area contributed by atoms with E-state index in [1.165, 1.54) is 0 Å². The summed E-state index contributed by atoms with van der Waals surface area (Å²) >= 11 is 1.66. The summed E-state index contributed by atoms with van der Waals surface area (Å²) in [5, 5.41) is 10.4. The van der Waals surface area contributed by atoms with E-state index in [0.29, 0.717) is 35.9 Å². The third kappa shape index (κ3) is 4.05. The van der Waals surface area contributed by atoms with E-state index < -0.39 is 5.92 Å². The van der Waals surface area contributed by atoms with Crippen molar-refractivity contribution in [2.75, 3.05) is 13.1 Å². The standard InChI is InChI=1S/C26H20F2N8S/c27-26(28)4-6-36(14-26)13-15-8-16(11-29-10-15)19-9-18-20(12-31-19)34-35-23(18)25-32-22-17(21-2-1-7-37-21)3-5-30-24(22)33-25/h1-3,5,7-12H,4,6,13-14H2,(H,34,35)(H,30,32,33). The summed E-state index contributed by atoms with van der Waals surface area (Å²) < 4.78 is 27.2. The Kier molecular flexibility index (Phi) is 5.08. The average molecular weight is 515 g/mol. The molecule has 0 amide bonds. The molecule has 1 aliphatic rings. The zero-order chi connectivity index (χ0) is 25.0. The number of aromatic amines is 2. The number of aromatic nitrogens is 7. The normalized spacial score (nSPS) is 15.7. The number of likely N-dealkylation sites (tertiary alicyclic amines) is 1. The predicted octanol–water partition coefficient (Wildman–Crippen LogP) is 5.53. The van der Waals surface area contributed by atoms with E-state index in [1.54, 1.807) is 41.0 Å². The van der Waals surface area contributed by atoms with Crippen LogP contribution >= 0.6 is 11.3 Å². The van der Waals surface area contributed by atoms with Gasteiger partial charge in [-0.3, -0.25) is 20.0 Å². The van der Waals surface area contributed by atoms with Gasteiger partial charge in [-0.1, -0.05) is 6.07 Å². The van der Waals surface area contributed by atoms with Crippen molar-refractivity contribution in [2.45, 2.75) is 18.9 Å². The highest BCUT2D eigenvalue weighted by molar-refractivity contribution is 7.13. The maximum Gasteiger partial charge on any atom is 0.261 e. The molecule has 11 heteroatoms. The molecule has 7 rings (SSSR count). The Balaban J connectivity index is 1.24. The van der Waals surface area contributed by atoms with Gasteiger partial charge in [-0.15, -0.1) is 11.3 Å². The van der Waals surface area contributed by atoms with Gasteiger partial charge in [-0.05, 0) is 35.2 Å². The second kappa shape index (κ2) is 8.49. The number of fused-ring (bicyclic) bond motifs is 2. The van der Waals surface area contributed by atoms with Gasteiger partial charge >= 0.3 is 0 Å². The molecule has 8 nitrogen and oxygen atoms in total. The van der Waals surface area contributed by atoms with E-state index in [-0.39, 0.29) is 13.0 Å². The lowest BCUT2D eigenvalue weighted by atomic mass is 10.1. The highest BCUT2D eigenvalue weighted by Crippen LogP contribution is 2.33. The van der Waals surface area contributed by atoms with Crippen LogP contribution in [0.4, 0.5) is 8.78 Å². The minimum absolute atomic E-state index is 0.103. The van der Waals surface area contributed by atoms with Gasteiger partial charge in [-0.2, -0.15) is 5.10 Å². The van der Waals surface area contributed by atoms with E-state index in [1.807, 2.05) is 29.6 Å². The summed E-state index contributed by atoms with van der Waals surface area (Å²) in [6.45, 7) is 0.578. The zero-order valence-corrected chi connectivity index (χ0v) is 20.3. The van der Waals surface area contributed by atoms with Crippen LogP contribution in [0.5, 0.6) is 0 Å². The Labute approximate surface area is 213 Å². The molecule has 0 aliphatic carbocycles. The molecule has 0 saturated carbocycles. The van der Waals surface area contributed by atoms with Crippen LogP contribution in [0, 0.1) is 0 Å². The van der Waals surface area contributed by atoms with E-state index in [4.69, 9.17) is 4.98 Å². The Morgan fingerprint density at radius 3 is 2.89 bits per heavy atom. The maximum atomic E-state index is 13.6. The van der Waals surface area contributed by atoms with Crippen molar-refractivity contribution >= 4 is 33.4 Å². The number of H-pyrrole nitrogens is 2. The molecule has 6 aromatic rings. The summed E-state index contributed by atoms with van der Waals surface area (Å²) in [5.41, 5.74) is 6.35. The first-order valence-electron chi connectivity index (χ1n) is 11.8. The van der Waals surface area contributed by atoms with Crippen molar-refractivity contribution in [3.05, 3.63) is 66.1 Å². The molecule has 6 aromatic heterocycles. The van der Waals surface area contributed by atoms with E-state index in [9.17, 15) is 8.78 Å². The van der Waals surface area contributed by atoms with Gasteiger partial charge in [-0.25, -0.2) is 18.7 Å². The van der Waals surface area contributed by atoms with Crippen LogP contribution in [0.3, 0.4) is 0 Å². The van der Waals surface area contributed by atoms with Gasteiger partial charge in [0, 0.05) is 59.5 Å². The van der Waals surface area contributed by atoms with Crippen molar-refractivity contribution in [1.82, 2.24) is 40.0 Å². The Morgan fingerprint density at radius 2 is 2.05 bits per heavy atom. The Bertz CT molecular complexity index is 1740. The number of nitrogens with one attached hydrogen (secondary N) is 2. The molecule has 0 bridgehead atoms. The Hall–Kier alpha value is -4.09. The first-order valence-corrected chi connectivity index (χ1v) is 12.7. The summed E-state index contributed by atoms with van der Waals surface area (Å²) in [6, 6.07) is 9.96. The van der Waals surface area contributed by atoms with Crippen LogP contribution in [0.1, 0.15) is 12.0 Å². The van der Waals surface area contributed by atoms with E-state index in [2.05, 4.69) is 36.2 Å². The molecular weight excluding hydrogens is 494 g/mol. The lowest BCUT2D eigenvalue weighted by Crippen LogP contribution is -2.24. The molecule has 0 spiro atoms. The number of rotatable bonds is 5. The summed E-state index contributed by atoms with van der Waals surface area (Å²) in [6.07, 6.45) is 6.83. The van der Waals surface area contributed by atoms with Crippen LogP contribution in [0.15, 0.2) is 60.5 Å². The quantitative estimate of drug-likeness (QED) is 0.314. The van der Waals surface area contributed by atoms with Gasteiger partial charge in [0.1, 0.15) is 5.69 Å².